The van der Waals surface area contributed by atoms with E-state index in [-0.39, 0.29) is 34.6 Å². The van der Waals surface area contributed by atoms with Crippen LogP contribution in [0.25, 0.3) is 16.9 Å². The lowest BCUT2D eigenvalue weighted by atomic mass is 10.0. The van der Waals surface area contributed by atoms with Crippen LogP contribution in [0.4, 0.5) is 15.0 Å². The van der Waals surface area contributed by atoms with Crippen molar-refractivity contribution in [3.05, 3.63) is 59.2 Å². The zero-order chi connectivity index (χ0) is 28.4. The van der Waals surface area contributed by atoms with Crippen molar-refractivity contribution < 1.29 is 23.5 Å². The summed E-state index contributed by atoms with van der Waals surface area (Å²) < 4.78 is 27.3. The number of carbonyl (C=O) groups is 2. The minimum Gasteiger partial charge on any atom is -0.443 e. The van der Waals surface area contributed by atoms with E-state index >= 15 is 0 Å². The molecule has 40 heavy (non-hydrogen) atoms. The predicted molar refractivity (Wildman–Crippen MR) is 143 cm³/mol. The number of benzene rings is 1. The lowest BCUT2D eigenvalue weighted by Crippen LogP contribution is -2.39. The van der Waals surface area contributed by atoms with Crippen molar-refractivity contribution in [2.75, 3.05) is 44.7 Å². The average Bonchev–Trinajstić information content (AvgIpc) is 3.52. The number of nitrogens with zero attached hydrogens (tertiary/aromatic N) is 6. The number of fused-ring (bicyclic) bond motifs is 1. The van der Waals surface area contributed by atoms with Gasteiger partial charge in [0.1, 0.15) is 17.2 Å². The summed E-state index contributed by atoms with van der Waals surface area (Å²) in [4.78, 5) is 34.1. The number of anilines is 1. The van der Waals surface area contributed by atoms with Gasteiger partial charge in [-0.25, -0.2) is 23.8 Å². The van der Waals surface area contributed by atoms with Gasteiger partial charge in [0.2, 0.25) is 0 Å². The Morgan fingerprint density at radius 1 is 1.23 bits per heavy atom. The normalized spacial score (nSPS) is 15.6. The second-order valence-electron chi connectivity index (χ2n) is 10.5. The molecule has 3 aromatic rings. The Balaban J connectivity index is 1.50. The van der Waals surface area contributed by atoms with Crippen molar-refractivity contribution in [3.8, 4) is 23.0 Å². The summed E-state index contributed by atoms with van der Waals surface area (Å²) in [5.74, 6) is -0.639. The van der Waals surface area contributed by atoms with Crippen LogP contribution in [0.3, 0.4) is 0 Å². The average molecular weight is 548 g/mol. The molecule has 208 valence electrons. The molecule has 0 bridgehead atoms. The van der Waals surface area contributed by atoms with Crippen LogP contribution in [0.15, 0.2) is 36.5 Å². The van der Waals surface area contributed by atoms with Crippen molar-refractivity contribution in [2.45, 2.75) is 32.9 Å². The van der Waals surface area contributed by atoms with Gasteiger partial charge >= 0.3 is 6.09 Å². The lowest BCUT2D eigenvalue weighted by Gasteiger charge is -2.26. The third kappa shape index (κ3) is 5.66. The van der Waals surface area contributed by atoms with Gasteiger partial charge in [-0.2, -0.15) is 10.4 Å². The molecule has 0 saturated carbocycles. The molecule has 0 atom stereocenters. The fourth-order valence-corrected chi connectivity index (χ4v) is 4.66. The largest absolute Gasteiger partial charge is 0.443 e. The van der Waals surface area contributed by atoms with E-state index in [0.717, 1.165) is 24.5 Å². The molecule has 5 rings (SSSR count). The van der Waals surface area contributed by atoms with Crippen molar-refractivity contribution >= 4 is 17.8 Å². The van der Waals surface area contributed by atoms with Gasteiger partial charge in [0, 0.05) is 38.4 Å². The minimum atomic E-state index is -0.813. The van der Waals surface area contributed by atoms with Gasteiger partial charge in [-0.05, 0) is 39.0 Å². The van der Waals surface area contributed by atoms with Gasteiger partial charge in [-0.1, -0.05) is 6.07 Å². The number of ether oxygens (including phenoxy) is 2. The van der Waals surface area contributed by atoms with Crippen LogP contribution in [-0.2, 0) is 16.0 Å². The van der Waals surface area contributed by atoms with Crippen LogP contribution in [0.5, 0.6) is 0 Å². The zero-order valence-electron chi connectivity index (χ0n) is 22.6. The van der Waals surface area contributed by atoms with E-state index in [9.17, 15) is 19.2 Å². The number of nitrogens with one attached hydrogen (secondary N) is 1. The lowest BCUT2D eigenvalue weighted by molar-refractivity contribution is 0.0247. The van der Waals surface area contributed by atoms with Crippen molar-refractivity contribution in [3.63, 3.8) is 0 Å². The van der Waals surface area contributed by atoms with E-state index in [1.54, 1.807) is 33.0 Å². The molecule has 0 unspecified atom stereocenters. The van der Waals surface area contributed by atoms with Gasteiger partial charge in [-0.3, -0.25) is 9.69 Å². The molecule has 1 aromatic carbocycles. The van der Waals surface area contributed by atoms with Crippen molar-refractivity contribution in [1.29, 1.82) is 5.26 Å². The molecular weight excluding hydrogens is 517 g/mol. The first-order chi connectivity index (χ1) is 19.1. The Labute approximate surface area is 231 Å². The van der Waals surface area contributed by atoms with E-state index in [1.165, 1.54) is 28.9 Å². The molecule has 2 aromatic heterocycles. The molecule has 1 fully saturated rings. The Bertz CT molecular complexity index is 1480. The molecule has 2 aliphatic rings. The topological polar surface area (TPSA) is 126 Å². The van der Waals surface area contributed by atoms with E-state index in [4.69, 9.17) is 9.47 Å². The monoisotopic (exact) mass is 547 g/mol. The fraction of sp³-hybridized carbons (Fsp3) is 0.393. The van der Waals surface area contributed by atoms with E-state index < -0.39 is 23.4 Å². The number of nitriles is 1. The maximum absolute atomic E-state index is 15.0. The maximum Gasteiger partial charge on any atom is 0.417 e. The SMILES string of the molecule is CC(C)(C)OC(=O)N1Cc2nc(-c3c(F)cccc3C#N)cc(-n3ccc(NCCN4CCOCC4)n3)c2C1=O. The number of imide groups is 1. The molecule has 12 heteroatoms. The Kier molecular flexibility index (Phi) is 7.51. The molecule has 11 nitrogen and oxygen atoms in total. The van der Waals surface area contributed by atoms with Crippen LogP contribution in [0, 0.1) is 17.1 Å². The van der Waals surface area contributed by atoms with Crippen LogP contribution in [-0.4, -0.2) is 81.6 Å². The second-order valence-corrected chi connectivity index (χ2v) is 10.5. The third-order valence-corrected chi connectivity index (χ3v) is 6.52. The Morgan fingerprint density at radius 2 is 2.00 bits per heavy atom. The van der Waals surface area contributed by atoms with Crippen LogP contribution < -0.4 is 5.32 Å². The molecule has 2 amide bonds. The van der Waals surface area contributed by atoms with E-state index in [1.807, 2.05) is 6.07 Å². The molecule has 0 spiro atoms. The summed E-state index contributed by atoms with van der Waals surface area (Å²) in [7, 11) is 0. The number of hydrogen-bond acceptors (Lipinski definition) is 9. The molecule has 0 radical (unpaired) electrons. The van der Waals surface area contributed by atoms with Crippen LogP contribution >= 0.6 is 0 Å². The van der Waals surface area contributed by atoms with Gasteiger partial charge in [-0.15, -0.1) is 0 Å². The molecule has 1 N–H and O–H groups in total. The molecule has 1 saturated heterocycles. The second kappa shape index (κ2) is 11.0. The molecular formula is C28H30FN7O4. The maximum atomic E-state index is 15.0. The number of pyridine rings is 1. The number of morpholine rings is 1. The number of aromatic nitrogens is 3. The Morgan fingerprint density at radius 3 is 2.73 bits per heavy atom. The molecule has 2 aliphatic heterocycles. The highest BCUT2D eigenvalue weighted by Crippen LogP contribution is 2.34. The summed E-state index contributed by atoms with van der Waals surface area (Å²) in [6.45, 7) is 9.62. The van der Waals surface area contributed by atoms with Crippen LogP contribution in [0.2, 0.25) is 0 Å². The quantitative estimate of drug-likeness (QED) is 0.493. The number of halogens is 1. The summed E-state index contributed by atoms with van der Waals surface area (Å²) in [5.41, 5.74) is 0.168. The molecule has 0 aliphatic carbocycles. The number of hydrogen-bond donors (Lipinski definition) is 1. The minimum absolute atomic E-state index is 0.00762. The van der Waals surface area contributed by atoms with Gasteiger partial charge < -0.3 is 14.8 Å². The first kappa shape index (κ1) is 27.2. The fourth-order valence-electron chi connectivity index (χ4n) is 4.66. The first-order valence-corrected chi connectivity index (χ1v) is 13.0. The summed E-state index contributed by atoms with van der Waals surface area (Å²) in [6, 6.07) is 9.46. The standard InChI is InChI=1S/C28H30FN7O4/c1-28(2,3)40-27(38)35-17-21-25(26(35)37)22(15-20(32-21)24-18(16-30)5-4-6-19(24)29)36-9-7-23(33-36)31-8-10-34-11-13-39-14-12-34/h4-7,9,15H,8,10-14,17H2,1-3H3,(H,31,33). The number of carbonyl (C=O) groups excluding carboxylic acids is 2. The third-order valence-electron chi connectivity index (χ3n) is 6.52. The first-order valence-electron chi connectivity index (χ1n) is 13.0. The summed E-state index contributed by atoms with van der Waals surface area (Å²) in [5, 5.41) is 17.5. The summed E-state index contributed by atoms with van der Waals surface area (Å²) in [6.07, 6.45) is 0.865. The molecule has 4 heterocycles. The van der Waals surface area contributed by atoms with Crippen molar-refractivity contribution in [1.82, 2.24) is 24.6 Å². The van der Waals surface area contributed by atoms with Gasteiger partial charge in [0.15, 0.2) is 0 Å². The van der Waals surface area contributed by atoms with Crippen LogP contribution in [0.1, 0.15) is 42.4 Å². The highest BCUT2D eigenvalue weighted by atomic mass is 19.1. The highest BCUT2D eigenvalue weighted by Gasteiger charge is 2.39. The van der Waals surface area contributed by atoms with E-state index in [0.29, 0.717) is 31.3 Å². The Hall–Kier alpha value is -4.34. The predicted octanol–water partition coefficient (Wildman–Crippen LogP) is 3.58. The summed E-state index contributed by atoms with van der Waals surface area (Å²) >= 11 is 0. The van der Waals surface area contributed by atoms with Gasteiger partial charge in [0.25, 0.3) is 5.91 Å². The number of amides is 2. The smallest absolute Gasteiger partial charge is 0.417 e. The highest BCUT2D eigenvalue weighted by molar-refractivity contribution is 6.08. The van der Waals surface area contributed by atoms with E-state index in [2.05, 4.69) is 20.3 Å². The van der Waals surface area contributed by atoms with Crippen molar-refractivity contribution in [2.24, 2.45) is 0 Å². The van der Waals surface area contributed by atoms with Gasteiger partial charge in [0.05, 0.1) is 59.6 Å². The number of rotatable bonds is 6. The zero-order valence-corrected chi connectivity index (χ0v) is 22.6.